The summed E-state index contributed by atoms with van der Waals surface area (Å²) in [5.41, 5.74) is 6.48. The first-order chi connectivity index (χ1) is 8.75. The molecule has 0 radical (unpaired) electrons. The molecule has 0 aliphatic rings. The van der Waals surface area contributed by atoms with Gasteiger partial charge in [-0.3, -0.25) is 9.10 Å². The van der Waals surface area contributed by atoms with Crippen LogP contribution in [0.15, 0.2) is 24.3 Å². The van der Waals surface area contributed by atoms with Gasteiger partial charge in [0, 0.05) is 19.3 Å². The molecule has 0 spiro atoms. The molecule has 0 atom stereocenters. The van der Waals surface area contributed by atoms with Gasteiger partial charge < -0.3 is 10.6 Å². The van der Waals surface area contributed by atoms with Gasteiger partial charge in [0.25, 0.3) is 0 Å². The molecular formula is C12H19N3O3S. The fraction of sp³-hybridized carbons (Fsp3) is 0.417. The highest BCUT2D eigenvalue weighted by Gasteiger charge is 2.22. The monoisotopic (exact) mass is 285 g/mol. The molecule has 0 aliphatic heterocycles. The van der Waals surface area contributed by atoms with Crippen LogP contribution in [-0.2, 0) is 14.8 Å². The SMILES string of the molecule is CCN(C)C(=O)CN(c1cccc(N)c1)S(C)(=O)=O. The number of nitrogens with two attached hydrogens (primary N) is 1. The van der Waals surface area contributed by atoms with Gasteiger partial charge in [0.1, 0.15) is 6.54 Å². The van der Waals surface area contributed by atoms with Crippen molar-refractivity contribution in [2.75, 3.05) is 36.4 Å². The number of benzene rings is 1. The van der Waals surface area contributed by atoms with E-state index < -0.39 is 10.0 Å². The first-order valence-corrected chi connectivity index (χ1v) is 7.67. The molecule has 19 heavy (non-hydrogen) atoms. The second-order valence-electron chi connectivity index (χ2n) is 4.27. The largest absolute Gasteiger partial charge is 0.399 e. The minimum absolute atomic E-state index is 0.230. The van der Waals surface area contributed by atoms with Gasteiger partial charge in [-0.05, 0) is 25.1 Å². The van der Waals surface area contributed by atoms with Gasteiger partial charge in [0.05, 0.1) is 11.9 Å². The molecule has 0 fully saturated rings. The third-order valence-electron chi connectivity index (χ3n) is 2.74. The number of hydrogen-bond donors (Lipinski definition) is 1. The van der Waals surface area contributed by atoms with Crippen molar-refractivity contribution in [3.8, 4) is 0 Å². The Labute approximate surface area is 113 Å². The van der Waals surface area contributed by atoms with Crippen LogP contribution >= 0.6 is 0 Å². The lowest BCUT2D eigenvalue weighted by atomic mass is 10.3. The lowest BCUT2D eigenvalue weighted by Gasteiger charge is -2.24. The van der Waals surface area contributed by atoms with Crippen molar-refractivity contribution >= 4 is 27.3 Å². The fourth-order valence-corrected chi connectivity index (χ4v) is 2.34. The maximum absolute atomic E-state index is 11.9. The van der Waals surface area contributed by atoms with E-state index in [1.54, 1.807) is 25.2 Å². The van der Waals surface area contributed by atoms with Crippen molar-refractivity contribution in [2.24, 2.45) is 0 Å². The maximum Gasteiger partial charge on any atom is 0.243 e. The second-order valence-corrected chi connectivity index (χ2v) is 6.18. The number of carbonyl (C=O) groups excluding carboxylic acids is 1. The molecule has 1 amide bonds. The number of amides is 1. The van der Waals surface area contributed by atoms with E-state index in [-0.39, 0.29) is 12.5 Å². The molecule has 106 valence electrons. The third kappa shape index (κ3) is 4.13. The molecule has 2 N–H and O–H groups in total. The molecule has 1 aromatic carbocycles. The Morgan fingerprint density at radius 1 is 1.37 bits per heavy atom. The third-order valence-corrected chi connectivity index (χ3v) is 3.88. The summed E-state index contributed by atoms with van der Waals surface area (Å²) < 4.78 is 24.7. The summed E-state index contributed by atoms with van der Waals surface area (Å²) >= 11 is 0. The maximum atomic E-state index is 11.9. The Bertz CT molecular complexity index is 557. The summed E-state index contributed by atoms with van der Waals surface area (Å²) in [5.74, 6) is -0.268. The number of anilines is 2. The second kappa shape index (κ2) is 5.92. The summed E-state index contributed by atoms with van der Waals surface area (Å²) in [4.78, 5) is 13.3. The van der Waals surface area contributed by atoms with Crippen LogP contribution in [-0.4, -0.2) is 45.6 Å². The summed E-state index contributed by atoms with van der Waals surface area (Å²) in [6.45, 7) is 2.11. The van der Waals surface area contributed by atoms with Gasteiger partial charge in [0.2, 0.25) is 15.9 Å². The minimum Gasteiger partial charge on any atom is -0.399 e. The topological polar surface area (TPSA) is 83.7 Å². The van der Waals surface area contributed by atoms with Crippen LogP contribution < -0.4 is 10.0 Å². The lowest BCUT2D eigenvalue weighted by molar-refractivity contribution is -0.128. The molecule has 7 heteroatoms. The molecule has 0 aliphatic carbocycles. The Balaban J connectivity index is 3.08. The molecule has 1 aromatic rings. The average Bonchev–Trinajstić information content (AvgIpc) is 2.33. The number of hydrogen-bond acceptors (Lipinski definition) is 4. The average molecular weight is 285 g/mol. The zero-order chi connectivity index (χ0) is 14.6. The lowest BCUT2D eigenvalue weighted by Crippen LogP contribution is -2.41. The van der Waals surface area contributed by atoms with Gasteiger partial charge in [-0.1, -0.05) is 6.07 Å². The van der Waals surface area contributed by atoms with Crippen molar-refractivity contribution in [1.82, 2.24) is 4.90 Å². The Morgan fingerprint density at radius 2 is 2.00 bits per heavy atom. The normalized spacial score (nSPS) is 11.1. The van der Waals surface area contributed by atoms with E-state index >= 15 is 0 Å². The van der Waals surface area contributed by atoms with Crippen LogP contribution in [0.4, 0.5) is 11.4 Å². The number of likely N-dealkylation sites (N-methyl/N-ethyl adjacent to an activating group) is 1. The van der Waals surface area contributed by atoms with Crippen molar-refractivity contribution in [3.05, 3.63) is 24.3 Å². The van der Waals surface area contributed by atoms with Crippen molar-refractivity contribution < 1.29 is 13.2 Å². The minimum atomic E-state index is -3.54. The van der Waals surface area contributed by atoms with Gasteiger partial charge in [0.15, 0.2) is 0 Å². The molecule has 0 saturated carbocycles. The summed E-state index contributed by atoms with van der Waals surface area (Å²) in [7, 11) is -1.91. The number of rotatable bonds is 5. The number of carbonyl (C=O) groups is 1. The highest BCUT2D eigenvalue weighted by Crippen LogP contribution is 2.20. The first-order valence-electron chi connectivity index (χ1n) is 5.83. The smallest absolute Gasteiger partial charge is 0.243 e. The first kappa shape index (κ1) is 15.3. The Morgan fingerprint density at radius 3 is 2.47 bits per heavy atom. The van der Waals surface area contributed by atoms with Gasteiger partial charge in [-0.25, -0.2) is 8.42 Å². The fourth-order valence-electron chi connectivity index (χ4n) is 1.50. The van der Waals surface area contributed by atoms with E-state index in [0.717, 1.165) is 10.6 Å². The molecule has 0 unspecified atom stereocenters. The van der Waals surface area contributed by atoms with Crippen molar-refractivity contribution in [3.63, 3.8) is 0 Å². The predicted octanol–water partition coefficient (Wildman–Crippen LogP) is 0.513. The van der Waals surface area contributed by atoms with E-state index in [2.05, 4.69) is 0 Å². The van der Waals surface area contributed by atoms with Crippen LogP contribution in [0.3, 0.4) is 0 Å². The molecular weight excluding hydrogens is 266 g/mol. The van der Waals surface area contributed by atoms with Gasteiger partial charge in [-0.15, -0.1) is 0 Å². The Kier molecular flexibility index (Phi) is 4.77. The summed E-state index contributed by atoms with van der Waals surface area (Å²) in [6, 6.07) is 6.44. The van der Waals surface area contributed by atoms with Crippen LogP contribution in [0.5, 0.6) is 0 Å². The van der Waals surface area contributed by atoms with Gasteiger partial charge in [-0.2, -0.15) is 0 Å². The number of sulfonamides is 1. The highest BCUT2D eigenvalue weighted by molar-refractivity contribution is 7.92. The standard InChI is InChI=1S/C12H19N3O3S/c1-4-14(2)12(16)9-15(19(3,17)18)11-7-5-6-10(13)8-11/h5-8H,4,9,13H2,1-3H3. The van der Waals surface area contributed by atoms with Crippen molar-refractivity contribution in [1.29, 1.82) is 0 Å². The molecule has 0 saturated heterocycles. The molecule has 0 aromatic heterocycles. The molecule has 1 rings (SSSR count). The van der Waals surface area contributed by atoms with Gasteiger partial charge >= 0.3 is 0 Å². The predicted molar refractivity (Wildman–Crippen MR) is 76.4 cm³/mol. The molecule has 6 nitrogen and oxygen atoms in total. The highest BCUT2D eigenvalue weighted by atomic mass is 32.2. The quantitative estimate of drug-likeness (QED) is 0.799. The summed E-state index contributed by atoms with van der Waals surface area (Å²) in [5, 5.41) is 0. The molecule has 0 bridgehead atoms. The van der Waals surface area contributed by atoms with E-state index in [1.165, 1.54) is 11.0 Å². The number of nitrogens with zero attached hydrogens (tertiary/aromatic N) is 2. The Hall–Kier alpha value is -1.76. The van der Waals surface area contributed by atoms with Crippen LogP contribution in [0.2, 0.25) is 0 Å². The van der Waals surface area contributed by atoms with Crippen molar-refractivity contribution in [2.45, 2.75) is 6.92 Å². The van der Waals surface area contributed by atoms with E-state index in [4.69, 9.17) is 5.73 Å². The van der Waals surface area contributed by atoms with Crippen LogP contribution in [0.25, 0.3) is 0 Å². The zero-order valence-corrected chi connectivity index (χ0v) is 12.1. The number of nitrogen functional groups attached to an aromatic ring is 1. The van der Waals surface area contributed by atoms with E-state index in [9.17, 15) is 13.2 Å². The van der Waals surface area contributed by atoms with Crippen LogP contribution in [0, 0.1) is 0 Å². The zero-order valence-electron chi connectivity index (χ0n) is 11.3. The van der Waals surface area contributed by atoms with E-state index in [0.29, 0.717) is 17.9 Å². The van der Waals surface area contributed by atoms with Crippen LogP contribution in [0.1, 0.15) is 6.92 Å². The summed E-state index contributed by atoms with van der Waals surface area (Å²) in [6.07, 6.45) is 1.06. The molecule has 0 heterocycles. The van der Waals surface area contributed by atoms with E-state index in [1.807, 2.05) is 6.92 Å².